The lowest BCUT2D eigenvalue weighted by molar-refractivity contribution is -0.117. The number of aromatic nitrogens is 2. The molecule has 0 bridgehead atoms. The van der Waals surface area contributed by atoms with Gasteiger partial charge in [0.05, 0.1) is 5.69 Å². The fraction of sp³-hybridized carbons (Fsp3) is 0.353. The minimum absolute atomic E-state index is 0.335. The van der Waals surface area contributed by atoms with Gasteiger partial charge in [0.25, 0.3) is 0 Å². The van der Waals surface area contributed by atoms with Crippen molar-refractivity contribution >= 4 is 17.7 Å². The number of hydrogen-bond donors (Lipinski definition) is 2. The molecule has 7 nitrogen and oxygen atoms in total. The van der Waals surface area contributed by atoms with Crippen LogP contribution in [0.1, 0.15) is 27.7 Å². The van der Waals surface area contributed by atoms with E-state index in [-0.39, 0.29) is 5.91 Å². The SMILES string of the molecule is C[C@@H](NC(=O)OC(C)(C)C)C(=O)Nc1cccc(-n2cccn2)c1. The topological polar surface area (TPSA) is 85.2 Å². The summed E-state index contributed by atoms with van der Waals surface area (Å²) in [5.74, 6) is -0.335. The molecule has 1 aromatic heterocycles. The molecule has 2 rings (SSSR count). The number of amides is 2. The minimum Gasteiger partial charge on any atom is -0.444 e. The Balaban J connectivity index is 1.97. The van der Waals surface area contributed by atoms with Crippen LogP contribution >= 0.6 is 0 Å². The summed E-state index contributed by atoms with van der Waals surface area (Å²) in [6.45, 7) is 6.88. The van der Waals surface area contributed by atoms with E-state index in [2.05, 4.69) is 15.7 Å². The first-order chi connectivity index (χ1) is 11.2. The second kappa shape index (κ2) is 7.16. The third kappa shape index (κ3) is 5.12. The molecule has 0 unspecified atom stereocenters. The van der Waals surface area contributed by atoms with Crippen LogP contribution in [0, 0.1) is 0 Å². The van der Waals surface area contributed by atoms with E-state index in [9.17, 15) is 9.59 Å². The van der Waals surface area contributed by atoms with Crippen LogP contribution in [0.4, 0.5) is 10.5 Å². The van der Waals surface area contributed by atoms with Crippen molar-refractivity contribution < 1.29 is 14.3 Å². The maximum Gasteiger partial charge on any atom is 0.408 e. The Bertz CT molecular complexity index is 705. The first-order valence-corrected chi connectivity index (χ1v) is 7.65. The number of alkyl carbamates (subject to hydrolysis) is 1. The smallest absolute Gasteiger partial charge is 0.408 e. The number of nitrogens with zero attached hydrogens (tertiary/aromatic N) is 2. The molecule has 7 heteroatoms. The van der Waals surface area contributed by atoms with Crippen LogP contribution in [-0.2, 0) is 9.53 Å². The Labute approximate surface area is 141 Å². The Morgan fingerprint density at radius 3 is 2.62 bits per heavy atom. The van der Waals surface area contributed by atoms with Gasteiger partial charge in [-0.05, 0) is 52.0 Å². The normalized spacial score (nSPS) is 12.3. The van der Waals surface area contributed by atoms with E-state index < -0.39 is 17.7 Å². The molecule has 2 amide bonds. The first-order valence-electron chi connectivity index (χ1n) is 7.65. The summed E-state index contributed by atoms with van der Waals surface area (Å²) in [5, 5.41) is 9.42. The van der Waals surface area contributed by atoms with Gasteiger partial charge in [0.1, 0.15) is 11.6 Å². The Morgan fingerprint density at radius 2 is 2.00 bits per heavy atom. The van der Waals surface area contributed by atoms with Crippen molar-refractivity contribution in [3.05, 3.63) is 42.7 Å². The fourth-order valence-corrected chi connectivity index (χ4v) is 1.95. The third-order valence-electron chi connectivity index (χ3n) is 3.01. The molecule has 2 N–H and O–H groups in total. The maximum absolute atomic E-state index is 12.2. The zero-order chi connectivity index (χ0) is 17.7. The van der Waals surface area contributed by atoms with Crippen LogP contribution in [0.25, 0.3) is 5.69 Å². The number of hydrogen-bond acceptors (Lipinski definition) is 4. The molecule has 0 fully saturated rings. The number of rotatable bonds is 4. The van der Waals surface area contributed by atoms with Gasteiger partial charge in [-0.1, -0.05) is 6.07 Å². The van der Waals surface area contributed by atoms with E-state index in [1.165, 1.54) is 0 Å². The summed E-state index contributed by atoms with van der Waals surface area (Å²) >= 11 is 0. The first kappa shape index (κ1) is 17.5. The van der Waals surface area contributed by atoms with Crippen LogP contribution in [-0.4, -0.2) is 33.4 Å². The maximum atomic E-state index is 12.2. The largest absolute Gasteiger partial charge is 0.444 e. The Morgan fingerprint density at radius 1 is 1.25 bits per heavy atom. The molecule has 128 valence electrons. The van der Waals surface area contributed by atoms with Crippen molar-refractivity contribution in [3.8, 4) is 5.69 Å². The highest BCUT2D eigenvalue weighted by molar-refractivity contribution is 5.96. The van der Waals surface area contributed by atoms with Gasteiger partial charge in [0.15, 0.2) is 0 Å². The minimum atomic E-state index is -0.729. The number of benzene rings is 1. The number of carbonyl (C=O) groups excluding carboxylic acids is 2. The predicted octanol–water partition coefficient (Wildman–Crippen LogP) is 2.72. The average Bonchev–Trinajstić information content (AvgIpc) is 2.99. The van der Waals surface area contributed by atoms with Gasteiger partial charge in [0.2, 0.25) is 5.91 Å². The highest BCUT2D eigenvalue weighted by Gasteiger charge is 2.21. The van der Waals surface area contributed by atoms with Crippen molar-refractivity contribution in [2.45, 2.75) is 39.3 Å². The number of nitrogens with one attached hydrogen (secondary N) is 2. The summed E-state index contributed by atoms with van der Waals surface area (Å²) in [6, 6.07) is 8.35. The van der Waals surface area contributed by atoms with E-state index in [0.717, 1.165) is 5.69 Å². The molecule has 0 aliphatic rings. The van der Waals surface area contributed by atoms with Crippen LogP contribution < -0.4 is 10.6 Å². The van der Waals surface area contributed by atoms with E-state index in [1.54, 1.807) is 50.7 Å². The molecule has 0 saturated heterocycles. The fourth-order valence-electron chi connectivity index (χ4n) is 1.95. The summed E-state index contributed by atoms with van der Waals surface area (Å²) in [4.78, 5) is 23.9. The third-order valence-corrected chi connectivity index (χ3v) is 3.01. The number of carbonyl (C=O) groups is 2. The molecule has 2 aromatic rings. The van der Waals surface area contributed by atoms with Gasteiger partial charge in [-0.2, -0.15) is 5.10 Å². The summed E-state index contributed by atoms with van der Waals surface area (Å²) in [6.07, 6.45) is 2.86. The van der Waals surface area contributed by atoms with E-state index >= 15 is 0 Å². The molecule has 24 heavy (non-hydrogen) atoms. The van der Waals surface area contributed by atoms with E-state index in [0.29, 0.717) is 5.69 Å². The predicted molar refractivity (Wildman–Crippen MR) is 91.0 cm³/mol. The van der Waals surface area contributed by atoms with Crippen LogP contribution in [0.5, 0.6) is 0 Å². The van der Waals surface area contributed by atoms with Crippen molar-refractivity contribution in [1.29, 1.82) is 0 Å². The van der Waals surface area contributed by atoms with E-state index in [1.807, 2.05) is 24.4 Å². The highest BCUT2D eigenvalue weighted by atomic mass is 16.6. The molecular weight excluding hydrogens is 308 g/mol. The second-order valence-corrected chi connectivity index (χ2v) is 6.36. The highest BCUT2D eigenvalue weighted by Crippen LogP contribution is 2.14. The van der Waals surface area contributed by atoms with Crippen LogP contribution in [0.3, 0.4) is 0 Å². The van der Waals surface area contributed by atoms with Gasteiger partial charge in [-0.25, -0.2) is 9.48 Å². The number of ether oxygens (including phenoxy) is 1. The summed E-state index contributed by atoms with van der Waals surface area (Å²) in [7, 11) is 0. The summed E-state index contributed by atoms with van der Waals surface area (Å²) in [5.41, 5.74) is 0.828. The molecule has 0 aliphatic carbocycles. The van der Waals surface area contributed by atoms with Gasteiger partial charge in [0, 0.05) is 18.1 Å². The van der Waals surface area contributed by atoms with Gasteiger partial charge in [-0.3, -0.25) is 4.79 Å². The molecule has 0 aliphatic heterocycles. The molecule has 0 spiro atoms. The quantitative estimate of drug-likeness (QED) is 0.902. The Hall–Kier alpha value is -2.83. The molecule has 1 aromatic carbocycles. The van der Waals surface area contributed by atoms with Crippen LogP contribution in [0.15, 0.2) is 42.7 Å². The lowest BCUT2D eigenvalue weighted by Crippen LogP contribution is -2.43. The summed E-state index contributed by atoms with van der Waals surface area (Å²) < 4.78 is 6.83. The average molecular weight is 330 g/mol. The molecule has 0 saturated carbocycles. The van der Waals surface area contributed by atoms with Crippen molar-refractivity contribution in [2.24, 2.45) is 0 Å². The molecule has 0 radical (unpaired) electrons. The zero-order valence-electron chi connectivity index (χ0n) is 14.2. The molecule has 1 heterocycles. The lowest BCUT2D eigenvalue weighted by atomic mass is 10.2. The van der Waals surface area contributed by atoms with Gasteiger partial charge in [-0.15, -0.1) is 0 Å². The lowest BCUT2D eigenvalue weighted by Gasteiger charge is -2.21. The van der Waals surface area contributed by atoms with Crippen molar-refractivity contribution in [2.75, 3.05) is 5.32 Å². The Kier molecular flexibility index (Phi) is 5.23. The molecular formula is C17H22N4O3. The zero-order valence-corrected chi connectivity index (χ0v) is 14.2. The van der Waals surface area contributed by atoms with E-state index in [4.69, 9.17) is 4.74 Å². The molecule has 1 atom stereocenters. The monoisotopic (exact) mass is 330 g/mol. The standard InChI is InChI=1S/C17H22N4O3/c1-12(19-16(23)24-17(2,3)4)15(22)20-13-7-5-8-14(11-13)21-10-6-9-18-21/h5-12H,1-4H3,(H,19,23)(H,20,22)/t12-/m1/s1. The number of anilines is 1. The van der Waals surface area contributed by atoms with Gasteiger partial charge < -0.3 is 15.4 Å². The van der Waals surface area contributed by atoms with Crippen molar-refractivity contribution in [3.63, 3.8) is 0 Å². The van der Waals surface area contributed by atoms with Gasteiger partial charge >= 0.3 is 6.09 Å². The van der Waals surface area contributed by atoms with Crippen LogP contribution in [0.2, 0.25) is 0 Å². The van der Waals surface area contributed by atoms with Crippen molar-refractivity contribution in [1.82, 2.24) is 15.1 Å². The second-order valence-electron chi connectivity index (χ2n) is 6.36.